The molecule has 6 heavy (non-hydrogen) atoms. The van der Waals surface area contributed by atoms with Crippen molar-refractivity contribution in [3.63, 3.8) is 0 Å². The van der Waals surface area contributed by atoms with Gasteiger partial charge in [0, 0.05) is 23.5 Å². The van der Waals surface area contributed by atoms with Gasteiger partial charge in [0.25, 0.3) is 0 Å². The van der Waals surface area contributed by atoms with Crippen molar-refractivity contribution in [3.8, 4) is 0 Å². The van der Waals surface area contributed by atoms with Crippen LogP contribution in [0.15, 0.2) is 0 Å². The van der Waals surface area contributed by atoms with Crippen molar-refractivity contribution in [1.29, 1.82) is 0 Å². The number of hydrogen-bond donors (Lipinski definition) is 1. The summed E-state index contributed by atoms with van der Waals surface area (Å²) in [5, 5.41) is 7.72. The Morgan fingerprint density at radius 2 is 2.00 bits per heavy atom. The van der Waals surface area contributed by atoms with Gasteiger partial charge in [0.1, 0.15) is 0 Å². The van der Waals surface area contributed by atoms with Crippen molar-refractivity contribution in [2.45, 2.75) is 13.3 Å². The molecule has 2 nitrogen and oxygen atoms in total. The van der Waals surface area contributed by atoms with E-state index in [1.807, 2.05) is 0 Å². The Balaban J connectivity index is 0. The van der Waals surface area contributed by atoms with E-state index in [-0.39, 0.29) is 23.5 Å². The van der Waals surface area contributed by atoms with Gasteiger partial charge in [-0.05, 0) is 0 Å². The Kier molecular flexibility index (Phi) is 7.79. The molecule has 0 aromatic heterocycles. The van der Waals surface area contributed by atoms with Crippen LogP contribution in [0.3, 0.4) is 0 Å². The summed E-state index contributed by atoms with van der Waals surface area (Å²) in [7, 11) is 0. The molecule has 0 aliphatic heterocycles. The Hall–Kier alpha value is -0.0105. The van der Waals surface area contributed by atoms with Crippen LogP contribution < -0.4 is 0 Å². The first-order valence-corrected chi connectivity index (χ1v) is 1.49. The van der Waals surface area contributed by atoms with E-state index in [0.29, 0.717) is 0 Å². The van der Waals surface area contributed by atoms with E-state index in [0.717, 1.165) is 0 Å². The third-order valence-electron chi connectivity index (χ3n) is 0.302. The van der Waals surface area contributed by atoms with Crippen molar-refractivity contribution in [3.05, 3.63) is 0 Å². The number of hydrogen-bond acceptors (Lipinski definition) is 1. The standard InChI is InChI=1S/C3H6O2.Se/c1-2-3(4)5;/h2H2,1H3,(H,4,5);. The minimum atomic E-state index is -0.745. The normalized spacial score (nSPS) is 6.17. The monoisotopic (exact) mass is 154 g/mol. The fourth-order valence-electron chi connectivity index (χ4n) is 0. The third-order valence-corrected chi connectivity index (χ3v) is 0.302. The number of aliphatic carboxylic acids is 1. The van der Waals surface area contributed by atoms with Crippen LogP contribution in [-0.2, 0) is 4.79 Å². The SMILES string of the molecule is CCC(=O)O.[Se]. The molecule has 0 aromatic rings. The molecule has 0 saturated carbocycles. The molecule has 0 unspecified atom stereocenters. The summed E-state index contributed by atoms with van der Waals surface area (Å²) < 4.78 is 0. The molecule has 0 aliphatic rings. The summed E-state index contributed by atoms with van der Waals surface area (Å²) in [6.07, 6.45) is 0.222. The summed E-state index contributed by atoms with van der Waals surface area (Å²) in [5.41, 5.74) is 0. The molecule has 0 aliphatic carbocycles. The molecule has 0 heterocycles. The summed E-state index contributed by atoms with van der Waals surface area (Å²) in [4.78, 5) is 9.37. The Morgan fingerprint density at radius 3 is 2.00 bits per heavy atom. The maximum atomic E-state index is 9.37. The zero-order chi connectivity index (χ0) is 4.28. The molecular formula is C3H6O2Se. The summed E-state index contributed by atoms with van der Waals surface area (Å²) in [5.74, 6) is -0.745. The van der Waals surface area contributed by atoms with Crippen LogP contribution in [0.25, 0.3) is 0 Å². The Labute approximate surface area is 47.0 Å². The zero-order valence-electron chi connectivity index (χ0n) is 3.47. The van der Waals surface area contributed by atoms with Crippen molar-refractivity contribution in [1.82, 2.24) is 0 Å². The second kappa shape index (κ2) is 4.99. The maximum Gasteiger partial charge on any atom is 0.303 e. The van der Waals surface area contributed by atoms with Gasteiger partial charge in [-0.15, -0.1) is 0 Å². The molecule has 0 bridgehead atoms. The number of rotatable bonds is 1. The van der Waals surface area contributed by atoms with E-state index < -0.39 is 5.97 Å². The second-order valence-corrected chi connectivity index (χ2v) is 0.747. The summed E-state index contributed by atoms with van der Waals surface area (Å²) in [6.45, 7) is 1.60. The van der Waals surface area contributed by atoms with E-state index >= 15 is 0 Å². The summed E-state index contributed by atoms with van der Waals surface area (Å²) >= 11 is 0. The van der Waals surface area contributed by atoms with E-state index in [1.54, 1.807) is 6.92 Å². The predicted octanol–water partition coefficient (Wildman–Crippen LogP) is 0.100. The third kappa shape index (κ3) is 9.01. The Bertz CT molecular complexity index is 44.1. The molecule has 2 radical (unpaired) electrons. The van der Waals surface area contributed by atoms with Gasteiger partial charge < -0.3 is 5.11 Å². The molecule has 0 aromatic carbocycles. The largest absolute Gasteiger partial charge is 0.481 e. The van der Waals surface area contributed by atoms with E-state index in [4.69, 9.17) is 5.11 Å². The number of carboxylic acids is 1. The van der Waals surface area contributed by atoms with E-state index in [2.05, 4.69) is 0 Å². The fourth-order valence-corrected chi connectivity index (χ4v) is 0. The minimum absolute atomic E-state index is 0. The van der Waals surface area contributed by atoms with Gasteiger partial charge in [0.2, 0.25) is 0 Å². The molecule has 0 amide bonds. The van der Waals surface area contributed by atoms with Gasteiger partial charge in [0.05, 0.1) is 0 Å². The van der Waals surface area contributed by atoms with Crippen molar-refractivity contribution < 1.29 is 9.90 Å². The van der Waals surface area contributed by atoms with Crippen LogP contribution in [-0.4, -0.2) is 28.1 Å². The predicted molar refractivity (Wildman–Crippen MR) is 23.7 cm³/mol. The molecule has 0 rings (SSSR count). The number of carbonyl (C=O) groups is 1. The van der Waals surface area contributed by atoms with Gasteiger partial charge in [-0.1, -0.05) is 6.92 Å². The van der Waals surface area contributed by atoms with E-state index in [1.165, 1.54) is 0 Å². The van der Waals surface area contributed by atoms with Gasteiger partial charge >= 0.3 is 5.97 Å². The van der Waals surface area contributed by atoms with Crippen LogP contribution in [0.1, 0.15) is 13.3 Å². The van der Waals surface area contributed by atoms with Crippen LogP contribution in [0.4, 0.5) is 0 Å². The first-order valence-electron chi connectivity index (χ1n) is 1.49. The minimum Gasteiger partial charge on any atom is -0.481 e. The zero-order valence-corrected chi connectivity index (χ0v) is 5.18. The maximum absolute atomic E-state index is 9.37. The Morgan fingerprint density at radius 1 is 1.83 bits per heavy atom. The van der Waals surface area contributed by atoms with Gasteiger partial charge in [-0.3, -0.25) is 4.79 Å². The summed E-state index contributed by atoms with van der Waals surface area (Å²) in [6, 6.07) is 0. The number of carboxylic acid groups (broad SMARTS) is 1. The van der Waals surface area contributed by atoms with Crippen LogP contribution in [0, 0.1) is 0 Å². The topological polar surface area (TPSA) is 37.3 Å². The molecule has 1 N–H and O–H groups in total. The van der Waals surface area contributed by atoms with Crippen molar-refractivity contribution >= 4 is 23.0 Å². The quantitative estimate of drug-likeness (QED) is 0.542. The first kappa shape index (κ1) is 9.37. The molecule has 0 spiro atoms. The fraction of sp³-hybridized carbons (Fsp3) is 0.667. The first-order chi connectivity index (χ1) is 2.27. The average Bonchev–Trinajstić information content (AvgIpc) is 1.38. The van der Waals surface area contributed by atoms with Crippen LogP contribution in [0.5, 0.6) is 0 Å². The van der Waals surface area contributed by atoms with Gasteiger partial charge in [0.15, 0.2) is 0 Å². The van der Waals surface area contributed by atoms with E-state index in [9.17, 15) is 4.79 Å². The average molecular weight is 153 g/mol. The smallest absolute Gasteiger partial charge is 0.303 e. The van der Waals surface area contributed by atoms with Crippen molar-refractivity contribution in [2.75, 3.05) is 0 Å². The molecule has 36 valence electrons. The van der Waals surface area contributed by atoms with Crippen molar-refractivity contribution in [2.24, 2.45) is 0 Å². The molecule has 0 saturated heterocycles. The molecular weight excluding hydrogens is 147 g/mol. The van der Waals surface area contributed by atoms with Gasteiger partial charge in [-0.2, -0.15) is 0 Å². The molecule has 0 fully saturated rings. The van der Waals surface area contributed by atoms with Crippen LogP contribution >= 0.6 is 0 Å². The van der Waals surface area contributed by atoms with Crippen LogP contribution in [0.2, 0.25) is 0 Å². The molecule has 0 atom stereocenters. The van der Waals surface area contributed by atoms with Gasteiger partial charge in [-0.25, -0.2) is 0 Å². The molecule has 3 heteroatoms. The second-order valence-electron chi connectivity index (χ2n) is 0.747.